The number of hydrogen-bond donors (Lipinski definition) is 2. The van der Waals surface area contributed by atoms with Crippen LogP contribution < -0.4 is 0 Å². The minimum Gasteiger partial charge on any atom is -0.456 e. The van der Waals surface area contributed by atoms with E-state index in [2.05, 4.69) is 19.6 Å². The Morgan fingerprint density at radius 3 is 2.55 bits per heavy atom. The first-order valence-corrected chi connectivity index (χ1v) is 13.6. The monoisotopic (exact) mass is 528 g/mol. The van der Waals surface area contributed by atoms with Gasteiger partial charge in [-0.25, -0.2) is 9.59 Å². The lowest BCUT2D eigenvalue weighted by atomic mass is 9.90. The van der Waals surface area contributed by atoms with Crippen molar-refractivity contribution in [3.05, 3.63) is 60.3 Å². The third-order valence-electron chi connectivity index (χ3n) is 7.42. The Morgan fingerprint density at radius 1 is 0.947 bits per heavy atom. The molecule has 4 rings (SSSR count). The van der Waals surface area contributed by atoms with E-state index in [1.165, 1.54) is 12.2 Å². The van der Waals surface area contributed by atoms with Gasteiger partial charge in [0.1, 0.15) is 24.4 Å². The second-order valence-corrected chi connectivity index (χ2v) is 11.1. The van der Waals surface area contributed by atoms with E-state index >= 15 is 0 Å². The molecule has 4 heterocycles. The first kappa shape index (κ1) is 28.5. The molecule has 1 saturated heterocycles. The van der Waals surface area contributed by atoms with Crippen LogP contribution in [0.5, 0.6) is 0 Å². The second-order valence-electron chi connectivity index (χ2n) is 11.1. The summed E-state index contributed by atoms with van der Waals surface area (Å²) < 4.78 is 23.3. The quantitative estimate of drug-likeness (QED) is 0.413. The summed E-state index contributed by atoms with van der Waals surface area (Å²) >= 11 is 0. The molecule has 4 aliphatic rings. The molecule has 2 N–H and O–H groups in total. The molecule has 0 aromatic heterocycles. The molecule has 0 aromatic rings. The van der Waals surface area contributed by atoms with E-state index in [4.69, 9.17) is 18.9 Å². The van der Waals surface area contributed by atoms with Crippen LogP contribution in [0.4, 0.5) is 0 Å². The molecule has 9 atom stereocenters. The van der Waals surface area contributed by atoms with E-state index in [-0.39, 0.29) is 25.0 Å². The summed E-state index contributed by atoms with van der Waals surface area (Å²) in [5, 5.41) is 21.7. The Kier molecular flexibility index (Phi) is 9.76. The van der Waals surface area contributed by atoms with Gasteiger partial charge in [0.15, 0.2) is 0 Å². The highest BCUT2D eigenvalue weighted by Crippen LogP contribution is 2.31. The van der Waals surface area contributed by atoms with Gasteiger partial charge in [0.2, 0.25) is 0 Å². The molecule has 0 spiro atoms. The second kappa shape index (κ2) is 13.0. The Balaban J connectivity index is 1.50. The van der Waals surface area contributed by atoms with Crippen molar-refractivity contribution in [1.82, 2.24) is 0 Å². The zero-order chi connectivity index (χ0) is 27.2. The van der Waals surface area contributed by atoms with Crippen molar-refractivity contribution in [3.8, 4) is 0 Å². The summed E-state index contributed by atoms with van der Waals surface area (Å²) in [7, 11) is 0. The van der Waals surface area contributed by atoms with Gasteiger partial charge in [0, 0.05) is 25.0 Å². The number of fused-ring (bicyclic) bond motifs is 4. The zero-order valence-electron chi connectivity index (χ0n) is 22.2. The van der Waals surface area contributed by atoms with Gasteiger partial charge in [-0.05, 0) is 51.0 Å². The van der Waals surface area contributed by atoms with Crippen LogP contribution in [0.15, 0.2) is 60.3 Å². The molecule has 4 aliphatic heterocycles. The highest BCUT2D eigenvalue weighted by atomic mass is 16.6. The third-order valence-corrected chi connectivity index (χ3v) is 7.42. The Hall–Kier alpha value is -2.52. The number of rotatable bonds is 2. The first-order valence-electron chi connectivity index (χ1n) is 13.6. The molecule has 0 amide bonds. The molecule has 8 heteroatoms. The molecule has 208 valence electrons. The van der Waals surface area contributed by atoms with Gasteiger partial charge in [-0.2, -0.15) is 0 Å². The van der Waals surface area contributed by atoms with Crippen LogP contribution in [0.3, 0.4) is 0 Å². The largest absolute Gasteiger partial charge is 0.456 e. The molecule has 1 fully saturated rings. The summed E-state index contributed by atoms with van der Waals surface area (Å²) in [6, 6.07) is 0. The molecule has 38 heavy (non-hydrogen) atoms. The number of hydrogen-bond acceptors (Lipinski definition) is 8. The van der Waals surface area contributed by atoms with Crippen LogP contribution in [0.2, 0.25) is 0 Å². The predicted molar refractivity (Wildman–Crippen MR) is 141 cm³/mol. The fourth-order valence-electron chi connectivity index (χ4n) is 5.63. The average molecular weight is 529 g/mol. The first-order chi connectivity index (χ1) is 18.2. The van der Waals surface area contributed by atoms with E-state index in [0.29, 0.717) is 18.8 Å². The minimum atomic E-state index is -1.18. The summed E-state index contributed by atoms with van der Waals surface area (Å²) in [6.07, 6.45) is 11.4. The number of aliphatic hydroxyl groups is 2. The molecule has 8 nitrogen and oxygen atoms in total. The maximum Gasteiger partial charge on any atom is 0.331 e. The number of carbonyl (C=O) groups is 2. The standard InChI is InChI=1S/C30H40O8/c1-18-12-19(2)15-24(31)30(34)27-17-26(25(37-27)11-10-23-14-20(3)16-29(33)36-23)38-28(32)9-5-7-21-6-4-8-22(13-18)35-21/h4-6,9-11,16,18,21-27,30-31,34H,2,7-8,12-15,17H2,1,3H3/b9-5-,11-10+/t18-,21-,22-,23+,24-,25?,26-,27+,30-/m0/s1. The lowest BCUT2D eigenvalue weighted by Crippen LogP contribution is -2.37. The van der Waals surface area contributed by atoms with Crippen LogP contribution in [0, 0.1) is 5.92 Å². The summed E-state index contributed by atoms with van der Waals surface area (Å²) in [5.41, 5.74) is 1.77. The van der Waals surface area contributed by atoms with Crippen molar-refractivity contribution in [2.75, 3.05) is 0 Å². The van der Waals surface area contributed by atoms with E-state index in [9.17, 15) is 19.8 Å². The SMILES string of the molecule is C=C1C[C@H](C)C[C@@H]2CC=C[C@@H](C/C=C\C(=O)O[C@H]3C[C@@H](OC3/C=C/[C@@H]3CC(C)=CC(=O)O3)[C@@H](O)[C@@H](O)C1)O2. The smallest absolute Gasteiger partial charge is 0.331 e. The number of cyclic esters (lactones) is 1. The van der Waals surface area contributed by atoms with E-state index in [1.807, 2.05) is 13.0 Å². The Bertz CT molecular complexity index is 994. The van der Waals surface area contributed by atoms with Crippen molar-refractivity contribution in [2.45, 2.75) is 108 Å². The van der Waals surface area contributed by atoms with Gasteiger partial charge in [0.05, 0.1) is 24.4 Å². The molecule has 0 aliphatic carbocycles. The molecule has 0 aromatic carbocycles. The molecule has 0 radical (unpaired) electrons. The molecule has 1 unspecified atom stereocenters. The number of ether oxygens (including phenoxy) is 4. The van der Waals surface area contributed by atoms with Crippen LogP contribution in [-0.4, -0.2) is 71.0 Å². The molecule has 4 bridgehead atoms. The van der Waals surface area contributed by atoms with Crippen molar-refractivity contribution >= 4 is 11.9 Å². The lowest BCUT2D eigenvalue weighted by molar-refractivity contribution is -0.144. The fourth-order valence-corrected chi connectivity index (χ4v) is 5.63. The van der Waals surface area contributed by atoms with Gasteiger partial charge in [-0.1, -0.05) is 49.0 Å². The number of aliphatic hydroxyl groups excluding tert-OH is 2. The summed E-state index contributed by atoms with van der Waals surface area (Å²) in [5.74, 6) is -0.612. The zero-order valence-corrected chi connectivity index (χ0v) is 22.2. The molecule has 0 saturated carbocycles. The van der Waals surface area contributed by atoms with Crippen molar-refractivity contribution in [3.63, 3.8) is 0 Å². The van der Waals surface area contributed by atoms with Crippen molar-refractivity contribution in [2.24, 2.45) is 5.92 Å². The average Bonchev–Trinajstić information content (AvgIpc) is 3.23. The van der Waals surface area contributed by atoms with Crippen molar-refractivity contribution in [1.29, 1.82) is 0 Å². The number of carbonyl (C=O) groups excluding carboxylic acids is 2. The topological polar surface area (TPSA) is 112 Å². The molecular weight excluding hydrogens is 488 g/mol. The fraction of sp³-hybridized carbons (Fsp3) is 0.600. The van der Waals surface area contributed by atoms with E-state index in [1.54, 1.807) is 18.2 Å². The van der Waals surface area contributed by atoms with Gasteiger partial charge < -0.3 is 29.2 Å². The normalized spacial score (nSPS) is 40.2. The van der Waals surface area contributed by atoms with E-state index < -0.39 is 48.6 Å². The number of esters is 2. The Morgan fingerprint density at radius 2 is 1.76 bits per heavy atom. The van der Waals surface area contributed by atoms with Gasteiger partial charge in [0.25, 0.3) is 0 Å². The maximum atomic E-state index is 12.7. The maximum absolute atomic E-state index is 12.7. The molecular formula is C30H40O8. The van der Waals surface area contributed by atoms with Gasteiger partial charge in [-0.3, -0.25) is 0 Å². The highest BCUT2D eigenvalue weighted by Gasteiger charge is 2.42. The Labute approximate surface area is 224 Å². The summed E-state index contributed by atoms with van der Waals surface area (Å²) in [4.78, 5) is 24.4. The van der Waals surface area contributed by atoms with Gasteiger partial charge in [-0.15, -0.1) is 0 Å². The highest BCUT2D eigenvalue weighted by molar-refractivity contribution is 5.84. The van der Waals surface area contributed by atoms with Crippen molar-refractivity contribution < 1.29 is 38.7 Å². The van der Waals surface area contributed by atoms with Gasteiger partial charge >= 0.3 is 11.9 Å². The van der Waals surface area contributed by atoms with Crippen LogP contribution in [-0.2, 0) is 28.5 Å². The third kappa shape index (κ3) is 7.99. The van der Waals surface area contributed by atoms with E-state index in [0.717, 1.165) is 30.4 Å². The lowest BCUT2D eigenvalue weighted by Gasteiger charge is -2.28. The van der Waals surface area contributed by atoms with Crippen LogP contribution >= 0.6 is 0 Å². The minimum absolute atomic E-state index is 0.0852. The summed E-state index contributed by atoms with van der Waals surface area (Å²) in [6.45, 7) is 8.14. The predicted octanol–water partition coefficient (Wildman–Crippen LogP) is 3.63. The van der Waals surface area contributed by atoms with Crippen LogP contribution in [0.25, 0.3) is 0 Å². The van der Waals surface area contributed by atoms with Crippen LogP contribution in [0.1, 0.15) is 58.8 Å².